The third-order valence-electron chi connectivity index (χ3n) is 5.48. The highest BCUT2D eigenvalue weighted by atomic mass is 32.2. The number of likely N-dealkylation sites (N-methyl/N-ethyl adjacent to an activating group) is 1. The van der Waals surface area contributed by atoms with Crippen LogP contribution >= 0.6 is 11.8 Å². The first-order valence-electron chi connectivity index (χ1n) is 10.5. The average Bonchev–Trinajstić information content (AvgIpc) is 2.82. The molecule has 0 aliphatic carbocycles. The summed E-state index contributed by atoms with van der Waals surface area (Å²) in [7, 11) is 4.92. The van der Waals surface area contributed by atoms with E-state index in [1.807, 2.05) is 7.05 Å². The molecule has 7 nitrogen and oxygen atoms in total. The first kappa shape index (κ1) is 25.6. The van der Waals surface area contributed by atoms with Crippen molar-refractivity contribution in [3.8, 4) is 17.6 Å². The SMILES string of the molecule is COc1ccc(Cc2cc(C(F)(F)F)c(C#N)c(SCC(=O)N3CCN(C)CC3)n2)cc1OC. The number of rotatable bonds is 7. The van der Waals surface area contributed by atoms with E-state index < -0.39 is 17.3 Å². The van der Waals surface area contributed by atoms with E-state index in [-0.39, 0.29) is 28.8 Å². The number of pyridine rings is 1. The first-order chi connectivity index (χ1) is 16.2. The van der Waals surface area contributed by atoms with Gasteiger partial charge in [0.15, 0.2) is 11.5 Å². The maximum absolute atomic E-state index is 13.8. The van der Waals surface area contributed by atoms with E-state index in [0.717, 1.165) is 30.9 Å². The molecular formula is C23H25F3N4O3S. The molecule has 0 atom stereocenters. The fraction of sp³-hybridized carbons (Fsp3) is 0.435. The van der Waals surface area contributed by atoms with E-state index >= 15 is 0 Å². The van der Waals surface area contributed by atoms with E-state index in [1.54, 1.807) is 29.2 Å². The molecule has 1 saturated heterocycles. The van der Waals surface area contributed by atoms with E-state index in [9.17, 15) is 23.2 Å². The van der Waals surface area contributed by atoms with Crippen molar-refractivity contribution in [1.29, 1.82) is 5.26 Å². The summed E-state index contributed by atoms with van der Waals surface area (Å²) in [5, 5.41) is 9.38. The van der Waals surface area contributed by atoms with Gasteiger partial charge in [-0.2, -0.15) is 18.4 Å². The van der Waals surface area contributed by atoms with Gasteiger partial charge < -0.3 is 19.3 Å². The fourth-order valence-corrected chi connectivity index (χ4v) is 4.50. The van der Waals surface area contributed by atoms with Crippen LogP contribution < -0.4 is 9.47 Å². The van der Waals surface area contributed by atoms with Crippen molar-refractivity contribution in [2.24, 2.45) is 0 Å². The minimum Gasteiger partial charge on any atom is -0.493 e. The molecule has 2 aromatic rings. The Balaban J connectivity index is 1.89. The number of methoxy groups -OCH3 is 2. The zero-order chi connectivity index (χ0) is 24.9. The highest BCUT2D eigenvalue weighted by Gasteiger charge is 2.36. The van der Waals surface area contributed by atoms with Crippen molar-refractivity contribution in [1.82, 2.24) is 14.8 Å². The Morgan fingerprint density at radius 3 is 2.41 bits per heavy atom. The first-order valence-corrected chi connectivity index (χ1v) is 11.5. The van der Waals surface area contributed by atoms with Gasteiger partial charge in [-0.1, -0.05) is 17.8 Å². The van der Waals surface area contributed by atoms with E-state index in [4.69, 9.17) is 9.47 Å². The number of nitrogens with zero attached hydrogens (tertiary/aromatic N) is 4. The molecule has 0 radical (unpaired) electrons. The summed E-state index contributed by atoms with van der Waals surface area (Å²) >= 11 is 0.860. The van der Waals surface area contributed by atoms with Gasteiger partial charge >= 0.3 is 6.18 Å². The molecule has 1 amide bonds. The number of hydrogen-bond donors (Lipinski definition) is 0. The topological polar surface area (TPSA) is 78.7 Å². The standard InChI is InChI=1S/C23H25F3N4O3S/c1-29-6-8-30(9-7-29)21(31)14-34-22-17(13-27)18(23(24,25)26)12-16(28-22)10-15-4-5-19(32-2)20(11-15)33-3/h4-5,11-12H,6-10,14H2,1-3H3. The number of alkyl halides is 3. The lowest BCUT2D eigenvalue weighted by Gasteiger charge is -2.32. The molecule has 1 aromatic carbocycles. The Kier molecular flexibility index (Phi) is 8.28. The quantitative estimate of drug-likeness (QED) is 0.546. The van der Waals surface area contributed by atoms with Gasteiger partial charge in [0.05, 0.1) is 31.1 Å². The second kappa shape index (κ2) is 11.0. The number of ether oxygens (including phenoxy) is 2. The van der Waals surface area contributed by atoms with Crippen LogP contribution in [0.25, 0.3) is 0 Å². The van der Waals surface area contributed by atoms with Gasteiger partial charge in [-0.3, -0.25) is 4.79 Å². The van der Waals surface area contributed by atoms with Crippen molar-refractivity contribution < 1.29 is 27.4 Å². The van der Waals surface area contributed by atoms with Crippen LogP contribution in [0.2, 0.25) is 0 Å². The summed E-state index contributed by atoms with van der Waals surface area (Å²) in [5.41, 5.74) is -0.838. The number of benzene rings is 1. The van der Waals surface area contributed by atoms with Gasteiger partial charge in [-0.05, 0) is 30.8 Å². The lowest BCUT2D eigenvalue weighted by molar-refractivity contribution is -0.138. The molecule has 0 saturated carbocycles. The molecule has 1 aliphatic rings. The summed E-state index contributed by atoms with van der Waals surface area (Å²) in [6.45, 7) is 2.58. The molecule has 1 aromatic heterocycles. The molecular weight excluding hydrogens is 469 g/mol. The minimum atomic E-state index is -4.74. The molecule has 1 fully saturated rings. The smallest absolute Gasteiger partial charge is 0.417 e. The molecule has 2 heterocycles. The molecule has 0 unspecified atom stereocenters. The van der Waals surface area contributed by atoms with Crippen LogP contribution in [0, 0.1) is 11.3 Å². The van der Waals surface area contributed by atoms with Gasteiger partial charge in [-0.15, -0.1) is 0 Å². The zero-order valence-corrected chi connectivity index (χ0v) is 19.9. The van der Waals surface area contributed by atoms with Gasteiger partial charge in [0.25, 0.3) is 0 Å². The van der Waals surface area contributed by atoms with Crippen molar-refractivity contribution in [3.63, 3.8) is 0 Å². The molecule has 34 heavy (non-hydrogen) atoms. The molecule has 0 spiro atoms. The highest BCUT2D eigenvalue weighted by molar-refractivity contribution is 8.00. The van der Waals surface area contributed by atoms with Crippen LogP contribution in [0.5, 0.6) is 11.5 Å². The Labute approximate surface area is 200 Å². The summed E-state index contributed by atoms with van der Waals surface area (Å²) in [6.07, 6.45) is -4.66. The summed E-state index contributed by atoms with van der Waals surface area (Å²) in [4.78, 5) is 20.7. The maximum Gasteiger partial charge on any atom is 0.417 e. The van der Waals surface area contributed by atoms with Crippen molar-refractivity contribution in [2.45, 2.75) is 17.6 Å². The monoisotopic (exact) mass is 494 g/mol. The van der Waals surface area contributed by atoms with Crippen LogP contribution in [0.3, 0.4) is 0 Å². The number of nitriles is 1. The third kappa shape index (κ3) is 6.12. The van der Waals surface area contributed by atoms with Crippen LogP contribution in [0.4, 0.5) is 13.2 Å². The average molecular weight is 495 g/mol. The van der Waals surface area contributed by atoms with E-state index in [1.165, 1.54) is 14.2 Å². The van der Waals surface area contributed by atoms with Crippen LogP contribution in [-0.2, 0) is 17.4 Å². The molecule has 3 rings (SSSR count). The number of hydrogen-bond acceptors (Lipinski definition) is 7. The van der Waals surface area contributed by atoms with Crippen LogP contribution in [0.1, 0.15) is 22.4 Å². The minimum absolute atomic E-state index is 0.0785. The second-order valence-corrected chi connectivity index (χ2v) is 8.75. The van der Waals surface area contributed by atoms with Crippen LogP contribution in [0.15, 0.2) is 29.3 Å². The maximum atomic E-state index is 13.8. The number of amides is 1. The molecule has 182 valence electrons. The van der Waals surface area contributed by atoms with Crippen molar-refractivity contribution >= 4 is 17.7 Å². The number of aromatic nitrogens is 1. The third-order valence-corrected chi connectivity index (χ3v) is 6.44. The van der Waals surface area contributed by atoms with E-state index in [0.29, 0.717) is 30.2 Å². The number of halogens is 3. The van der Waals surface area contributed by atoms with Crippen molar-refractivity contribution in [2.75, 3.05) is 53.2 Å². The normalized spacial score (nSPS) is 14.6. The summed E-state index contributed by atoms with van der Waals surface area (Å²) in [6, 6.07) is 7.55. The summed E-state index contributed by atoms with van der Waals surface area (Å²) < 4.78 is 51.8. The lowest BCUT2D eigenvalue weighted by atomic mass is 10.0. The molecule has 11 heteroatoms. The van der Waals surface area contributed by atoms with Gasteiger partial charge in [0, 0.05) is 38.3 Å². The van der Waals surface area contributed by atoms with Crippen molar-refractivity contribution in [3.05, 3.63) is 46.6 Å². The zero-order valence-electron chi connectivity index (χ0n) is 19.1. The second-order valence-electron chi connectivity index (χ2n) is 7.79. The predicted molar refractivity (Wildman–Crippen MR) is 121 cm³/mol. The predicted octanol–water partition coefficient (Wildman–Crippen LogP) is 3.45. The van der Waals surface area contributed by atoms with Gasteiger partial charge in [0.2, 0.25) is 5.91 Å². The summed E-state index contributed by atoms with van der Waals surface area (Å²) in [5.74, 6) is 0.649. The van der Waals surface area contributed by atoms with E-state index in [2.05, 4.69) is 9.88 Å². The van der Waals surface area contributed by atoms with Gasteiger partial charge in [-0.25, -0.2) is 4.98 Å². The van der Waals surface area contributed by atoms with Gasteiger partial charge in [0.1, 0.15) is 11.1 Å². The Morgan fingerprint density at radius 1 is 1.15 bits per heavy atom. The number of carbonyl (C=O) groups excluding carboxylic acids is 1. The fourth-order valence-electron chi connectivity index (χ4n) is 3.58. The Bertz CT molecular complexity index is 1080. The van der Waals surface area contributed by atoms with Crippen LogP contribution in [-0.4, -0.2) is 73.9 Å². The Morgan fingerprint density at radius 2 is 1.82 bits per heavy atom. The highest BCUT2D eigenvalue weighted by Crippen LogP contribution is 2.37. The largest absolute Gasteiger partial charge is 0.493 e. The molecule has 0 bridgehead atoms. The number of carbonyl (C=O) groups is 1. The molecule has 1 aliphatic heterocycles. The number of thioether (sulfide) groups is 1. The lowest BCUT2D eigenvalue weighted by Crippen LogP contribution is -2.47. The Hall–Kier alpha value is -2.97. The molecule has 0 N–H and O–H groups in total. The number of piperazine rings is 1.